The average Bonchev–Trinajstić information content (AvgIpc) is 3.07. The molecule has 7 heteroatoms. The molecule has 2 fully saturated rings. The van der Waals surface area contributed by atoms with Gasteiger partial charge in [-0.05, 0) is 31.4 Å². The molecule has 1 aromatic rings. The third-order valence-corrected chi connectivity index (χ3v) is 6.36. The van der Waals surface area contributed by atoms with E-state index in [2.05, 4.69) is 0 Å². The van der Waals surface area contributed by atoms with E-state index < -0.39 is 21.9 Å². The van der Waals surface area contributed by atoms with Gasteiger partial charge in [0.25, 0.3) is 0 Å². The minimum Gasteiger partial charge on any atom is -0.492 e. The number of hydrogen-bond donors (Lipinski definition) is 1. The van der Waals surface area contributed by atoms with Crippen molar-refractivity contribution in [2.75, 3.05) is 12.4 Å². The summed E-state index contributed by atoms with van der Waals surface area (Å²) >= 11 is 0. The molecule has 0 saturated carbocycles. The molecule has 2 aliphatic rings. The molecule has 1 aromatic carbocycles. The molecule has 1 N–H and O–H groups in total. The number of nitrogens with zero attached hydrogens (tertiary/aromatic N) is 1. The first-order chi connectivity index (χ1) is 10.5. The summed E-state index contributed by atoms with van der Waals surface area (Å²) in [7, 11) is -3.49. The van der Waals surface area contributed by atoms with Gasteiger partial charge in [0.1, 0.15) is 12.4 Å². The Labute approximate surface area is 129 Å². The lowest BCUT2D eigenvalue weighted by molar-refractivity contribution is -0.142. The van der Waals surface area contributed by atoms with Crippen molar-refractivity contribution in [1.29, 1.82) is 0 Å². The second-order valence-electron chi connectivity index (χ2n) is 5.79. The predicted octanol–water partition coefficient (Wildman–Crippen LogP) is 1.33. The van der Waals surface area contributed by atoms with Crippen LogP contribution in [0.4, 0.5) is 0 Å². The average molecular weight is 325 g/mol. The highest BCUT2D eigenvalue weighted by molar-refractivity contribution is 7.89. The summed E-state index contributed by atoms with van der Waals surface area (Å²) < 4.78 is 31.9. The van der Waals surface area contributed by atoms with E-state index in [1.54, 1.807) is 12.1 Å². The molecule has 0 radical (unpaired) electrons. The van der Waals surface area contributed by atoms with E-state index in [-0.39, 0.29) is 24.4 Å². The van der Waals surface area contributed by atoms with Crippen LogP contribution in [0.15, 0.2) is 30.3 Å². The van der Waals surface area contributed by atoms with Gasteiger partial charge in [0.05, 0.1) is 11.7 Å². The zero-order chi connectivity index (χ0) is 15.7. The Kier molecular flexibility index (Phi) is 4.10. The fourth-order valence-corrected chi connectivity index (χ4v) is 5.34. The van der Waals surface area contributed by atoms with Crippen LogP contribution in [0.5, 0.6) is 5.75 Å². The minimum atomic E-state index is -3.49. The summed E-state index contributed by atoms with van der Waals surface area (Å²) in [6, 6.07) is 8.50. The molecular formula is C15H19NO5S. The van der Waals surface area contributed by atoms with Crippen molar-refractivity contribution in [2.24, 2.45) is 5.92 Å². The lowest BCUT2D eigenvalue weighted by Crippen LogP contribution is -2.40. The van der Waals surface area contributed by atoms with Crippen molar-refractivity contribution in [1.82, 2.24) is 4.31 Å². The molecule has 6 nitrogen and oxygen atoms in total. The molecule has 3 atom stereocenters. The van der Waals surface area contributed by atoms with Crippen molar-refractivity contribution < 1.29 is 23.1 Å². The van der Waals surface area contributed by atoms with Gasteiger partial charge in [-0.3, -0.25) is 4.79 Å². The predicted molar refractivity (Wildman–Crippen MR) is 80.1 cm³/mol. The molecule has 3 unspecified atom stereocenters. The van der Waals surface area contributed by atoms with Crippen LogP contribution in [0.2, 0.25) is 0 Å². The number of carbonyl (C=O) groups is 1. The van der Waals surface area contributed by atoms with E-state index >= 15 is 0 Å². The standard InChI is InChI=1S/C15H19NO5S/c17-15(18)13-10-11-6-7-14(13)16(11)22(19,20)9-8-21-12-4-2-1-3-5-12/h1-5,11,13-14H,6-10H2,(H,17,18). The highest BCUT2D eigenvalue weighted by Gasteiger charge is 2.53. The number of benzene rings is 1. The largest absolute Gasteiger partial charge is 0.492 e. The zero-order valence-electron chi connectivity index (χ0n) is 12.1. The fraction of sp³-hybridized carbons (Fsp3) is 0.533. The van der Waals surface area contributed by atoms with Gasteiger partial charge in [-0.1, -0.05) is 18.2 Å². The first-order valence-electron chi connectivity index (χ1n) is 7.41. The summed E-state index contributed by atoms with van der Waals surface area (Å²) in [5.74, 6) is -0.955. The highest BCUT2D eigenvalue weighted by atomic mass is 32.2. The second-order valence-corrected chi connectivity index (χ2v) is 7.78. The Bertz CT molecular complexity index is 645. The van der Waals surface area contributed by atoms with Gasteiger partial charge in [0, 0.05) is 12.1 Å². The van der Waals surface area contributed by atoms with E-state index in [0.717, 1.165) is 6.42 Å². The number of rotatable bonds is 6. The summed E-state index contributed by atoms with van der Waals surface area (Å²) in [5, 5.41) is 9.20. The Balaban J connectivity index is 1.63. The van der Waals surface area contributed by atoms with E-state index in [9.17, 15) is 18.3 Å². The van der Waals surface area contributed by atoms with Crippen LogP contribution in [-0.4, -0.2) is 48.2 Å². The van der Waals surface area contributed by atoms with Gasteiger partial charge >= 0.3 is 5.97 Å². The fourth-order valence-electron chi connectivity index (χ4n) is 3.52. The maximum absolute atomic E-state index is 12.5. The SMILES string of the molecule is O=C(O)C1CC2CCC1N2S(=O)(=O)CCOc1ccccc1. The molecular weight excluding hydrogens is 306 g/mol. The van der Waals surface area contributed by atoms with Crippen LogP contribution in [0, 0.1) is 5.92 Å². The lowest BCUT2D eigenvalue weighted by Gasteiger charge is -2.22. The van der Waals surface area contributed by atoms with E-state index in [1.165, 1.54) is 4.31 Å². The van der Waals surface area contributed by atoms with Gasteiger partial charge in [-0.2, -0.15) is 4.31 Å². The number of aliphatic carboxylic acids is 1. The Hall–Kier alpha value is -1.60. The normalized spacial score (nSPS) is 27.9. The summed E-state index contributed by atoms with van der Waals surface area (Å²) in [6.45, 7) is 0.0695. The zero-order valence-corrected chi connectivity index (χ0v) is 12.9. The van der Waals surface area contributed by atoms with Crippen LogP contribution in [0.3, 0.4) is 0 Å². The van der Waals surface area contributed by atoms with Gasteiger partial charge in [-0.25, -0.2) is 8.42 Å². The third kappa shape index (κ3) is 2.83. The van der Waals surface area contributed by atoms with Crippen molar-refractivity contribution in [2.45, 2.75) is 31.3 Å². The van der Waals surface area contributed by atoms with Crippen LogP contribution < -0.4 is 4.74 Å². The number of hydrogen-bond acceptors (Lipinski definition) is 4. The molecule has 2 saturated heterocycles. The summed E-state index contributed by atoms with van der Waals surface area (Å²) in [6.07, 6.45) is 1.83. The Morgan fingerprint density at radius 1 is 1.27 bits per heavy atom. The number of fused-ring (bicyclic) bond motifs is 2. The second kappa shape index (κ2) is 5.89. The molecule has 0 aliphatic carbocycles. The smallest absolute Gasteiger partial charge is 0.308 e. The van der Waals surface area contributed by atoms with Crippen molar-refractivity contribution in [3.63, 3.8) is 0 Å². The molecule has 2 bridgehead atoms. The maximum atomic E-state index is 12.5. The van der Waals surface area contributed by atoms with E-state index in [1.807, 2.05) is 18.2 Å². The quantitative estimate of drug-likeness (QED) is 0.853. The lowest BCUT2D eigenvalue weighted by atomic mass is 9.89. The van der Waals surface area contributed by atoms with Gasteiger partial charge in [-0.15, -0.1) is 0 Å². The third-order valence-electron chi connectivity index (χ3n) is 4.46. The first-order valence-corrected chi connectivity index (χ1v) is 9.02. The molecule has 0 aromatic heterocycles. The number of carboxylic acids is 1. The van der Waals surface area contributed by atoms with E-state index in [0.29, 0.717) is 18.6 Å². The molecule has 0 amide bonds. The Morgan fingerprint density at radius 3 is 2.64 bits per heavy atom. The first kappa shape index (κ1) is 15.3. The van der Waals surface area contributed by atoms with Crippen LogP contribution in [0.25, 0.3) is 0 Å². The maximum Gasteiger partial charge on any atom is 0.308 e. The number of carboxylic acid groups (broad SMARTS) is 1. The minimum absolute atomic E-state index is 0.0695. The van der Waals surface area contributed by atoms with E-state index in [4.69, 9.17) is 4.74 Å². The highest BCUT2D eigenvalue weighted by Crippen LogP contribution is 2.43. The van der Waals surface area contributed by atoms with Crippen molar-refractivity contribution in [3.8, 4) is 5.75 Å². The number of para-hydroxylation sites is 1. The van der Waals surface area contributed by atoms with Crippen LogP contribution in [0.1, 0.15) is 19.3 Å². The number of sulfonamides is 1. The summed E-state index contributed by atoms with van der Waals surface area (Å²) in [4.78, 5) is 11.2. The van der Waals surface area contributed by atoms with Crippen molar-refractivity contribution in [3.05, 3.63) is 30.3 Å². The van der Waals surface area contributed by atoms with Crippen LogP contribution in [-0.2, 0) is 14.8 Å². The van der Waals surface area contributed by atoms with Crippen molar-refractivity contribution >= 4 is 16.0 Å². The number of ether oxygens (including phenoxy) is 1. The Morgan fingerprint density at radius 2 is 2.00 bits per heavy atom. The van der Waals surface area contributed by atoms with Gasteiger partial charge in [0.15, 0.2) is 0 Å². The topological polar surface area (TPSA) is 83.9 Å². The molecule has 0 spiro atoms. The van der Waals surface area contributed by atoms with Gasteiger partial charge < -0.3 is 9.84 Å². The molecule has 22 heavy (non-hydrogen) atoms. The molecule has 3 rings (SSSR count). The summed E-state index contributed by atoms with van der Waals surface area (Å²) in [5.41, 5.74) is 0. The molecule has 120 valence electrons. The monoisotopic (exact) mass is 325 g/mol. The van der Waals surface area contributed by atoms with Gasteiger partial charge in [0.2, 0.25) is 10.0 Å². The molecule has 2 aliphatic heterocycles. The van der Waals surface area contributed by atoms with Crippen LogP contribution >= 0.6 is 0 Å². The molecule has 2 heterocycles.